The van der Waals surface area contributed by atoms with Gasteiger partial charge in [0.1, 0.15) is 5.82 Å². The fraction of sp³-hybridized carbons (Fsp3) is 0.0667. The molecule has 2 aromatic carbocycles. The number of benzene rings is 2. The molecule has 0 radical (unpaired) electrons. The molecule has 1 heterocycles. The molecule has 0 saturated carbocycles. The van der Waals surface area contributed by atoms with E-state index in [0.717, 1.165) is 16.5 Å². The number of fused-ring (bicyclic) bond motifs is 1. The fourth-order valence-corrected chi connectivity index (χ4v) is 2.71. The Kier molecular flexibility index (Phi) is 3.55. The largest absolute Gasteiger partial charge is 0.379 e. The number of aromatic nitrogens is 1. The first kappa shape index (κ1) is 13.3. The summed E-state index contributed by atoms with van der Waals surface area (Å²) in [6, 6.07) is 10.6. The number of halogens is 3. The first-order valence-electron chi connectivity index (χ1n) is 6.08. The van der Waals surface area contributed by atoms with Gasteiger partial charge < -0.3 is 10.3 Å². The van der Waals surface area contributed by atoms with E-state index in [2.05, 4.69) is 16.4 Å². The summed E-state index contributed by atoms with van der Waals surface area (Å²) in [7, 11) is 0. The lowest BCUT2D eigenvalue weighted by atomic mass is 10.1. The van der Waals surface area contributed by atoms with Crippen molar-refractivity contribution < 1.29 is 4.39 Å². The molecule has 0 bridgehead atoms. The van der Waals surface area contributed by atoms with Crippen LogP contribution in [0.5, 0.6) is 0 Å². The Morgan fingerprint density at radius 2 is 1.80 bits per heavy atom. The van der Waals surface area contributed by atoms with E-state index in [9.17, 15) is 4.39 Å². The maximum atomic E-state index is 13.1. The molecule has 2 nitrogen and oxygen atoms in total. The van der Waals surface area contributed by atoms with Crippen LogP contribution in [-0.2, 0) is 6.54 Å². The number of H-pyrrole nitrogens is 1. The van der Waals surface area contributed by atoms with Crippen LogP contribution in [-0.4, -0.2) is 4.98 Å². The number of rotatable bonds is 3. The third-order valence-electron chi connectivity index (χ3n) is 3.09. The molecular weight excluding hydrogens is 298 g/mol. The Bertz CT molecular complexity index is 744. The predicted octanol–water partition coefficient (Wildman–Crippen LogP) is 5.23. The first-order valence-corrected chi connectivity index (χ1v) is 6.83. The van der Waals surface area contributed by atoms with E-state index in [1.165, 1.54) is 12.1 Å². The second-order valence-electron chi connectivity index (χ2n) is 4.50. The Morgan fingerprint density at radius 3 is 2.55 bits per heavy atom. The van der Waals surface area contributed by atoms with Gasteiger partial charge in [0, 0.05) is 18.3 Å². The van der Waals surface area contributed by atoms with Gasteiger partial charge in [-0.1, -0.05) is 29.3 Å². The molecule has 2 N–H and O–H groups in total. The quantitative estimate of drug-likeness (QED) is 0.681. The summed E-state index contributed by atoms with van der Waals surface area (Å²) < 4.78 is 13.1. The Labute approximate surface area is 125 Å². The number of nitrogens with one attached hydrogen (secondary N) is 2. The summed E-state index contributed by atoms with van der Waals surface area (Å²) >= 11 is 12.0. The lowest BCUT2D eigenvalue weighted by molar-refractivity contribution is 0.628. The normalized spacial score (nSPS) is 10.9. The zero-order valence-electron chi connectivity index (χ0n) is 10.4. The van der Waals surface area contributed by atoms with E-state index in [0.29, 0.717) is 12.2 Å². The molecular formula is C15H11Cl2FN2. The maximum Gasteiger partial charge on any atom is 0.126 e. The second kappa shape index (κ2) is 5.35. The molecule has 102 valence electrons. The van der Waals surface area contributed by atoms with Crippen LogP contribution in [0, 0.1) is 5.82 Å². The van der Waals surface area contributed by atoms with E-state index in [-0.39, 0.29) is 10.0 Å². The highest BCUT2D eigenvalue weighted by molar-refractivity contribution is 6.39. The van der Waals surface area contributed by atoms with Gasteiger partial charge in [0.05, 0.1) is 15.7 Å². The van der Waals surface area contributed by atoms with Crippen molar-refractivity contribution in [2.45, 2.75) is 6.54 Å². The lowest BCUT2D eigenvalue weighted by Crippen LogP contribution is -2.01. The predicted molar refractivity (Wildman–Crippen MR) is 82.0 cm³/mol. The van der Waals surface area contributed by atoms with Crippen molar-refractivity contribution in [1.82, 2.24) is 4.98 Å². The van der Waals surface area contributed by atoms with E-state index < -0.39 is 5.82 Å². The smallest absolute Gasteiger partial charge is 0.126 e. The molecule has 0 aliphatic carbocycles. The third kappa shape index (κ3) is 2.60. The topological polar surface area (TPSA) is 27.8 Å². The zero-order chi connectivity index (χ0) is 14.1. The molecule has 0 aliphatic rings. The average Bonchev–Trinajstić information content (AvgIpc) is 2.84. The molecule has 0 unspecified atom stereocenters. The molecule has 3 rings (SSSR count). The summed E-state index contributed by atoms with van der Waals surface area (Å²) in [4.78, 5) is 3.14. The molecule has 5 heteroatoms. The van der Waals surface area contributed by atoms with Crippen molar-refractivity contribution in [3.63, 3.8) is 0 Å². The summed E-state index contributed by atoms with van der Waals surface area (Å²) in [6.45, 7) is 0.562. The van der Waals surface area contributed by atoms with Gasteiger partial charge in [-0.05, 0) is 41.3 Å². The minimum Gasteiger partial charge on any atom is -0.379 e. The number of anilines is 1. The van der Waals surface area contributed by atoms with E-state index in [4.69, 9.17) is 23.2 Å². The minimum absolute atomic E-state index is 0.276. The van der Waals surface area contributed by atoms with Crippen LogP contribution in [0.2, 0.25) is 10.0 Å². The van der Waals surface area contributed by atoms with Crippen LogP contribution in [0.25, 0.3) is 10.9 Å². The molecule has 0 fully saturated rings. The zero-order valence-corrected chi connectivity index (χ0v) is 11.9. The van der Waals surface area contributed by atoms with Crippen LogP contribution in [0.4, 0.5) is 10.1 Å². The Balaban J connectivity index is 1.82. The molecule has 1 aromatic heterocycles. The van der Waals surface area contributed by atoms with Gasteiger partial charge >= 0.3 is 0 Å². The number of aromatic amines is 1. The molecule has 0 spiro atoms. The SMILES string of the molecule is Fc1cc(Cl)c(NCc2ccc3[nH]ccc3c2)c(Cl)c1. The van der Waals surface area contributed by atoms with Crippen LogP contribution in [0.1, 0.15) is 5.56 Å². The molecule has 0 atom stereocenters. The fourth-order valence-electron chi connectivity index (χ4n) is 2.11. The molecule has 0 saturated heterocycles. The second-order valence-corrected chi connectivity index (χ2v) is 5.31. The van der Waals surface area contributed by atoms with Crippen LogP contribution in [0.15, 0.2) is 42.6 Å². The van der Waals surface area contributed by atoms with Crippen LogP contribution < -0.4 is 5.32 Å². The van der Waals surface area contributed by atoms with E-state index >= 15 is 0 Å². The van der Waals surface area contributed by atoms with Crippen molar-refractivity contribution in [3.05, 3.63) is 64.0 Å². The molecule has 0 aliphatic heterocycles. The number of hydrogen-bond acceptors (Lipinski definition) is 1. The molecule has 20 heavy (non-hydrogen) atoms. The summed E-state index contributed by atoms with van der Waals surface area (Å²) in [6.07, 6.45) is 1.90. The minimum atomic E-state index is -0.445. The maximum absolute atomic E-state index is 13.1. The summed E-state index contributed by atoms with van der Waals surface area (Å²) in [5.74, 6) is -0.445. The Hall–Kier alpha value is -1.71. The highest BCUT2D eigenvalue weighted by Crippen LogP contribution is 2.31. The van der Waals surface area contributed by atoms with Gasteiger partial charge in [-0.15, -0.1) is 0 Å². The average molecular weight is 309 g/mol. The number of hydrogen-bond donors (Lipinski definition) is 2. The van der Waals surface area contributed by atoms with Gasteiger partial charge in [0.25, 0.3) is 0 Å². The van der Waals surface area contributed by atoms with Crippen molar-refractivity contribution >= 4 is 39.8 Å². The van der Waals surface area contributed by atoms with Gasteiger partial charge in [0.15, 0.2) is 0 Å². The van der Waals surface area contributed by atoms with E-state index in [1.807, 2.05) is 24.4 Å². The first-order chi connectivity index (χ1) is 9.63. The van der Waals surface area contributed by atoms with Gasteiger partial charge in [0.2, 0.25) is 0 Å². The monoisotopic (exact) mass is 308 g/mol. The third-order valence-corrected chi connectivity index (χ3v) is 3.69. The van der Waals surface area contributed by atoms with Crippen molar-refractivity contribution in [3.8, 4) is 0 Å². The molecule has 3 aromatic rings. The highest BCUT2D eigenvalue weighted by Gasteiger charge is 2.08. The van der Waals surface area contributed by atoms with Crippen LogP contribution >= 0.6 is 23.2 Å². The lowest BCUT2D eigenvalue weighted by Gasteiger charge is -2.11. The van der Waals surface area contributed by atoms with E-state index in [1.54, 1.807) is 0 Å². The van der Waals surface area contributed by atoms with Crippen molar-refractivity contribution in [2.24, 2.45) is 0 Å². The van der Waals surface area contributed by atoms with Gasteiger partial charge in [-0.3, -0.25) is 0 Å². The van der Waals surface area contributed by atoms with Crippen molar-refractivity contribution in [2.75, 3.05) is 5.32 Å². The van der Waals surface area contributed by atoms with Gasteiger partial charge in [-0.2, -0.15) is 0 Å². The summed E-state index contributed by atoms with van der Waals surface area (Å²) in [5, 5.41) is 4.83. The standard InChI is InChI=1S/C15H11Cl2FN2/c16-12-6-11(18)7-13(17)15(12)20-8-9-1-2-14-10(5-9)3-4-19-14/h1-7,19-20H,8H2. The van der Waals surface area contributed by atoms with Crippen LogP contribution in [0.3, 0.4) is 0 Å². The highest BCUT2D eigenvalue weighted by atomic mass is 35.5. The summed E-state index contributed by atoms with van der Waals surface area (Å²) in [5.41, 5.74) is 2.73. The Morgan fingerprint density at radius 1 is 1.05 bits per heavy atom. The molecule has 0 amide bonds. The van der Waals surface area contributed by atoms with Gasteiger partial charge in [-0.25, -0.2) is 4.39 Å². The van der Waals surface area contributed by atoms with Crippen molar-refractivity contribution in [1.29, 1.82) is 0 Å².